The molecule has 25 heavy (non-hydrogen) atoms. The molecule has 2 aromatic rings. The fraction of sp³-hybridized carbons (Fsp3) is 0.455. The first-order valence-electron chi connectivity index (χ1n) is 9.30. The van der Waals surface area contributed by atoms with E-state index in [1.54, 1.807) is 0 Å². The van der Waals surface area contributed by atoms with E-state index >= 15 is 0 Å². The maximum Gasteiger partial charge on any atom is 0.108 e. The number of rotatable bonds is 7. The highest BCUT2D eigenvalue weighted by Gasteiger charge is 2.29. The Kier molecular flexibility index (Phi) is 6.24. The van der Waals surface area contributed by atoms with Gasteiger partial charge in [0.05, 0.1) is 12.7 Å². The lowest BCUT2D eigenvalue weighted by Crippen LogP contribution is -2.40. The fourth-order valence-electron chi connectivity index (χ4n) is 3.75. The molecule has 0 aromatic heterocycles. The first kappa shape index (κ1) is 18.1. The predicted octanol–water partition coefficient (Wildman–Crippen LogP) is 4.03. The van der Waals surface area contributed by atoms with Crippen LogP contribution in [0.15, 0.2) is 60.7 Å². The van der Waals surface area contributed by atoms with E-state index < -0.39 is 6.10 Å². The maximum atomic E-state index is 10.5. The van der Waals surface area contributed by atoms with Crippen molar-refractivity contribution in [3.63, 3.8) is 0 Å². The molecule has 0 bridgehead atoms. The summed E-state index contributed by atoms with van der Waals surface area (Å²) >= 11 is 0. The van der Waals surface area contributed by atoms with Gasteiger partial charge in [0.25, 0.3) is 0 Å². The van der Waals surface area contributed by atoms with Gasteiger partial charge in [0.1, 0.15) is 6.10 Å². The minimum absolute atomic E-state index is 0.148. The molecule has 1 saturated heterocycles. The second kappa shape index (κ2) is 8.61. The summed E-state index contributed by atoms with van der Waals surface area (Å²) in [6.45, 7) is 5.50. The van der Waals surface area contributed by atoms with Crippen molar-refractivity contribution in [3.8, 4) is 0 Å². The molecule has 3 nitrogen and oxygen atoms in total. The summed E-state index contributed by atoms with van der Waals surface area (Å²) in [5.74, 6) is 0. The Labute approximate surface area is 151 Å². The van der Waals surface area contributed by atoms with Crippen molar-refractivity contribution in [3.05, 3.63) is 71.8 Å². The lowest BCUT2D eigenvalue weighted by Gasteiger charge is -2.29. The van der Waals surface area contributed by atoms with Gasteiger partial charge < -0.3 is 9.84 Å². The monoisotopic (exact) mass is 339 g/mol. The van der Waals surface area contributed by atoms with E-state index in [0.717, 1.165) is 11.1 Å². The van der Waals surface area contributed by atoms with Crippen LogP contribution in [0.2, 0.25) is 0 Å². The van der Waals surface area contributed by atoms with Crippen LogP contribution in [0.25, 0.3) is 0 Å². The maximum absolute atomic E-state index is 10.5. The average molecular weight is 339 g/mol. The highest BCUT2D eigenvalue weighted by Crippen LogP contribution is 2.27. The molecular weight excluding hydrogens is 310 g/mol. The quantitative estimate of drug-likeness (QED) is 0.827. The number of hydrogen-bond donors (Lipinski definition) is 1. The molecule has 2 aromatic carbocycles. The normalized spacial score (nSPS) is 22.4. The molecule has 0 unspecified atom stereocenters. The van der Waals surface area contributed by atoms with Gasteiger partial charge in [-0.1, -0.05) is 60.7 Å². The minimum atomic E-state index is -0.474. The standard InChI is InChI=1S/C22H29NO2/c1-17-13-14-18(2)23(17)15-21(24)16-25-22(19-9-5-3-6-10-19)20-11-7-4-8-12-20/h3-12,17-18,21-22,24H,13-16H2,1-2H3/t17-,18+,21-/m0/s1. The average Bonchev–Trinajstić information content (AvgIpc) is 2.96. The van der Waals surface area contributed by atoms with Crippen LogP contribution in [-0.2, 0) is 4.74 Å². The summed E-state index contributed by atoms with van der Waals surface area (Å²) < 4.78 is 6.18. The second-order valence-corrected chi connectivity index (χ2v) is 7.16. The Hall–Kier alpha value is -1.68. The molecule has 0 aliphatic carbocycles. The third kappa shape index (κ3) is 4.69. The smallest absolute Gasteiger partial charge is 0.108 e. The lowest BCUT2D eigenvalue weighted by atomic mass is 10.0. The first-order valence-corrected chi connectivity index (χ1v) is 9.30. The summed E-state index contributed by atoms with van der Waals surface area (Å²) in [6.07, 6.45) is 1.81. The van der Waals surface area contributed by atoms with Gasteiger partial charge in [-0.25, -0.2) is 0 Å². The Bertz CT molecular complexity index is 581. The fourth-order valence-corrected chi connectivity index (χ4v) is 3.75. The van der Waals surface area contributed by atoms with Crippen molar-refractivity contribution in [1.29, 1.82) is 0 Å². The van der Waals surface area contributed by atoms with E-state index in [4.69, 9.17) is 4.74 Å². The van der Waals surface area contributed by atoms with E-state index in [2.05, 4.69) is 43.0 Å². The number of likely N-dealkylation sites (tertiary alicyclic amines) is 1. The van der Waals surface area contributed by atoms with Gasteiger partial charge in [0.15, 0.2) is 0 Å². The molecule has 1 N–H and O–H groups in total. The van der Waals surface area contributed by atoms with Crippen LogP contribution in [-0.4, -0.2) is 41.3 Å². The number of β-amino-alcohol motifs (C(OH)–C–C–N with tert-alkyl or cyclic N) is 1. The van der Waals surface area contributed by atoms with E-state index in [9.17, 15) is 5.11 Å². The molecule has 134 valence electrons. The van der Waals surface area contributed by atoms with Crippen molar-refractivity contribution in [1.82, 2.24) is 4.90 Å². The Morgan fingerprint density at radius 3 is 1.88 bits per heavy atom. The summed E-state index contributed by atoms with van der Waals surface area (Å²) in [5.41, 5.74) is 2.23. The molecule has 1 aliphatic heterocycles. The molecule has 0 amide bonds. The van der Waals surface area contributed by atoms with Crippen LogP contribution in [0, 0.1) is 0 Å². The third-order valence-corrected chi connectivity index (χ3v) is 5.22. The summed E-state index contributed by atoms with van der Waals surface area (Å²) in [5, 5.41) is 10.5. The molecule has 0 saturated carbocycles. The van der Waals surface area contributed by atoms with Crippen molar-refractivity contribution >= 4 is 0 Å². The number of ether oxygens (including phenoxy) is 1. The zero-order valence-corrected chi connectivity index (χ0v) is 15.2. The number of aliphatic hydroxyl groups excluding tert-OH is 1. The first-order chi connectivity index (χ1) is 12.1. The van der Waals surface area contributed by atoms with Crippen molar-refractivity contribution in [2.24, 2.45) is 0 Å². The summed E-state index contributed by atoms with van der Waals surface area (Å²) in [4.78, 5) is 2.40. The van der Waals surface area contributed by atoms with Crippen molar-refractivity contribution < 1.29 is 9.84 Å². The number of benzene rings is 2. The molecule has 0 spiro atoms. The second-order valence-electron chi connectivity index (χ2n) is 7.16. The van der Waals surface area contributed by atoms with Crippen molar-refractivity contribution in [2.75, 3.05) is 13.2 Å². The molecule has 0 radical (unpaired) electrons. The Morgan fingerprint density at radius 1 is 0.920 bits per heavy atom. The predicted molar refractivity (Wildman–Crippen MR) is 102 cm³/mol. The molecule has 1 heterocycles. The third-order valence-electron chi connectivity index (χ3n) is 5.22. The number of aliphatic hydroxyl groups is 1. The Balaban J connectivity index is 1.65. The van der Waals surface area contributed by atoms with Crippen LogP contribution in [0.5, 0.6) is 0 Å². The van der Waals surface area contributed by atoms with E-state index in [1.165, 1.54) is 12.8 Å². The number of hydrogen-bond acceptors (Lipinski definition) is 3. The van der Waals surface area contributed by atoms with Gasteiger partial charge in [-0.05, 0) is 37.8 Å². The zero-order valence-electron chi connectivity index (χ0n) is 15.2. The van der Waals surface area contributed by atoms with Gasteiger partial charge in [-0.15, -0.1) is 0 Å². The molecule has 3 atom stereocenters. The minimum Gasteiger partial charge on any atom is -0.389 e. The lowest BCUT2D eigenvalue weighted by molar-refractivity contribution is -0.0135. The van der Waals surface area contributed by atoms with Crippen LogP contribution >= 0.6 is 0 Å². The van der Waals surface area contributed by atoms with Gasteiger partial charge >= 0.3 is 0 Å². The molecule has 3 rings (SSSR count). The highest BCUT2D eigenvalue weighted by atomic mass is 16.5. The highest BCUT2D eigenvalue weighted by molar-refractivity contribution is 5.29. The molecule has 1 aliphatic rings. The molecule has 1 fully saturated rings. The summed E-state index contributed by atoms with van der Waals surface area (Å²) in [7, 11) is 0. The van der Waals surface area contributed by atoms with Gasteiger partial charge in [0.2, 0.25) is 0 Å². The largest absolute Gasteiger partial charge is 0.389 e. The van der Waals surface area contributed by atoms with Gasteiger partial charge in [0, 0.05) is 18.6 Å². The van der Waals surface area contributed by atoms with Gasteiger partial charge in [-0.2, -0.15) is 0 Å². The SMILES string of the molecule is C[C@@H]1CC[C@H](C)N1C[C@H](O)COC(c1ccccc1)c1ccccc1. The molecular formula is C22H29NO2. The molecule has 3 heteroatoms. The number of nitrogens with zero attached hydrogens (tertiary/aromatic N) is 1. The van der Waals surface area contributed by atoms with Gasteiger partial charge in [-0.3, -0.25) is 4.90 Å². The van der Waals surface area contributed by atoms with E-state index in [0.29, 0.717) is 25.2 Å². The topological polar surface area (TPSA) is 32.7 Å². The van der Waals surface area contributed by atoms with E-state index in [1.807, 2.05) is 36.4 Å². The Morgan fingerprint density at radius 2 is 1.40 bits per heavy atom. The summed E-state index contributed by atoms with van der Waals surface area (Å²) in [6, 6.07) is 21.5. The van der Waals surface area contributed by atoms with Crippen molar-refractivity contribution in [2.45, 2.75) is 51.0 Å². The van der Waals surface area contributed by atoms with Crippen LogP contribution in [0.1, 0.15) is 43.9 Å². The van der Waals surface area contributed by atoms with Crippen LogP contribution < -0.4 is 0 Å². The zero-order chi connectivity index (χ0) is 17.6. The van der Waals surface area contributed by atoms with Crippen LogP contribution in [0.3, 0.4) is 0 Å². The van der Waals surface area contributed by atoms with E-state index in [-0.39, 0.29) is 6.10 Å². The van der Waals surface area contributed by atoms with Crippen LogP contribution in [0.4, 0.5) is 0 Å².